The fourth-order valence-corrected chi connectivity index (χ4v) is 5.35. The molecule has 2 aliphatic rings. The number of fused-ring (bicyclic) bond motifs is 1. The minimum absolute atomic E-state index is 0.0184. The maximum atomic E-state index is 13.6. The van der Waals surface area contributed by atoms with Crippen molar-refractivity contribution in [3.63, 3.8) is 0 Å². The first-order valence-corrected chi connectivity index (χ1v) is 12.6. The van der Waals surface area contributed by atoms with Gasteiger partial charge in [-0.3, -0.25) is 9.59 Å². The number of amides is 2. The Kier molecular flexibility index (Phi) is 7.74. The number of rotatable bonds is 8. The molecule has 9 nitrogen and oxygen atoms in total. The maximum absolute atomic E-state index is 13.6. The molecule has 4 rings (SSSR count). The number of oxazole rings is 1. The van der Waals surface area contributed by atoms with E-state index in [9.17, 15) is 14.4 Å². The summed E-state index contributed by atoms with van der Waals surface area (Å²) in [6, 6.07) is 7.00. The van der Waals surface area contributed by atoms with Crippen LogP contribution in [-0.4, -0.2) is 59.1 Å². The lowest BCUT2D eigenvalue weighted by Gasteiger charge is -2.39. The number of benzene rings is 1. The van der Waals surface area contributed by atoms with Crippen molar-refractivity contribution >= 4 is 28.9 Å². The van der Waals surface area contributed by atoms with Gasteiger partial charge in [0, 0.05) is 31.8 Å². The Labute approximate surface area is 205 Å². The Balaban J connectivity index is 1.50. The number of nitrogens with two attached hydrogens (primary N) is 1. The molecule has 2 fully saturated rings. The number of morpholine rings is 1. The SMILES string of the molecule is CC(C)[C@](CCC(=O)N1CCOC(C2CCCCC2)C1)(OC(N)=O)C(=O)c1nc2ccccc2o1. The number of carbonyl (C=O) groups is 3. The largest absolute Gasteiger partial charge is 0.434 e. The molecule has 2 amide bonds. The zero-order valence-corrected chi connectivity index (χ0v) is 20.5. The summed E-state index contributed by atoms with van der Waals surface area (Å²) in [7, 11) is 0. The Morgan fingerprint density at radius 2 is 1.94 bits per heavy atom. The monoisotopic (exact) mass is 485 g/mol. The van der Waals surface area contributed by atoms with Crippen molar-refractivity contribution in [3.05, 3.63) is 30.2 Å². The molecule has 2 heterocycles. The van der Waals surface area contributed by atoms with E-state index in [1.54, 1.807) is 38.1 Å². The normalized spacial score (nSPS) is 21.1. The minimum atomic E-state index is -1.67. The Morgan fingerprint density at radius 1 is 1.20 bits per heavy atom. The number of Topliss-reactive ketones (excluding diaryl/α,β-unsaturated/α-hetero) is 1. The van der Waals surface area contributed by atoms with Crippen LogP contribution in [0.3, 0.4) is 0 Å². The van der Waals surface area contributed by atoms with E-state index in [0.29, 0.717) is 36.7 Å². The topological polar surface area (TPSA) is 125 Å². The smallest absolute Gasteiger partial charge is 0.405 e. The molecule has 190 valence electrons. The summed E-state index contributed by atoms with van der Waals surface area (Å²) >= 11 is 0. The van der Waals surface area contributed by atoms with Gasteiger partial charge in [0.1, 0.15) is 5.52 Å². The summed E-state index contributed by atoms with van der Waals surface area (Å²) < 4.78 is 17.1. The summed E-state index contributed by atoms with van der Waals surface area (Å²) in [6.45, 7) is 5.06. The molecular weight excluding hydrogens is 450 g/mol. The van der Waals surface area contributed by atoms with E-state index in [2.05, 4.69) is 4.98 Å². The molecule has 1 aromatic carbocycles. The van der Waals surface area contributed by atoms with E-state index in [4.69, 9.17) is 19.6 Å². The van der Waals surface area contributed by atoms with Crippen molar-refractivity contribution in [2.24, 2.45) is 17.6 Å². The number of nitrogens with zero attached hydrogens (tertiary/aromatic N) is 2. The average Bonchev–Trinajstić information content (AvgIpc) is 3.30. The van der Waals surface area contributed by atoms with Gasteiger partial charge in [0.15, 0.2) is 11.2 Å². The molecule has 1 saturated heterocycles. The van der Waals surface area contributed by atoms with Crippen LogP contribution in [0.2, 0.25) is 0 Å². The van der Waals surface area contributed by atoms with E-state index < -0.39 is 23.4 Å². The van der Waals surface area contributed by atoms with Gasteiger partial charge in [0.05, 0.1) is 12.7 Å². The van der Waals surface area contributed by atoms with E-state index in [0.717, 1.165) is 12.8 Å². The van der Waals surface area contributed by atoms with Gasteiger partial charge >= 0.3 is 6.09 Å². The molecule has 1 aliphatic heterocycles. The highest BCUT2D eigenvalue weighted by Gasteiger charge is 2.48. The van der Waals surface area contributed by atoms with Crippen molar-refractivity contribution in [1.29, 1.82) is 0 Å². The zero-order valence-electron chi connectivity index (χ0n) is 20.5. The minimum Gasteiger partial charge on any atom is -0.434 e. The molecule has 0 radical (unpaired) electrons. The van der Waals surface area contributed by atoms with Gasteiger partial charge in [-0.25, -0.2) is 9.78 Å². The second-order valence-corrected chi connectivity index (χ2v) is 9.93. The van der Waals surface area contributed by atoms with Gasteiger partial charge < -0.3 is 24.5 Å². The number of primary amides is 1. The van der Waals surface area contributed by atoms with E-state index in [1.165, 1.54) is 19.3 Å². The van der Waals surface area contributed by atoms with Gasteiger partial charge in [-0.15, -0.1) is 0 Å². The lowest BCUT2D eigenvalue weighted by Crippen LogP contribution is -2.51. The van der Waals surface area contributed by atoms with Crippen molar-refractivity contribution in [1.82, 2.24) is 9.88 Å². The number of ketones is 1. The molecule has 2 atom stereocenters. The van der Waals surface area contributed by atoms with Crippen molar-refractivity contribution in [3.8, 4) is 0 Å². The molecule has 2 N–H and O–H groups in total. The van der Waals surface area contributed by atoms with E-state index in [1.807, 2.05) is 4.90 Å². The van der Waals surface area contributed by atoms with E-state index >= 15 is 0 Å². The summed E-state index contributed by atoms with van der Waals surface area (Å²) in [5.74, 6) is -0.856. The predicted molar refractivity (Wildman–Crippen MR) is 129 cm³/mol. The third kappa shape index (κ3) is 5.50. The first-order valence-electron chi connectivity index (χ1n) is 12.6. The third-order valence-corrected chi connectivity index (χ3v) is 7.42. The molecule has 1 unspecified atom stereocenters. The summed E-state index contributed by atoms with van der Waals surface area (Å²) in [4.78, 5) is 44.8. The van der Waals surface area contributed by atoms with Crippen LogP contribution in [0.4, 0.5) is 4.79 Å². The molecule has 0 spiro atoms. The molecular formula is C26H35N3O6. The van der Waals surface area contributed by atoms with Crippen LogP contribution in [0, 0.1) is 11.8 Å². The highest BCUT2D eigenvalue weighted by atomic mass is 16.6. The number of hydrogen-bond acceptors (Lipinski definition) is 7. The van der Waals surface area contributed by atoms with Crippen LogP contribution in [0.1, 0.15) is 69.5 Å². The second-order valence-electron chi connectivity index (χ2n) is 9.93. The zero-order chi connectivity index (χ0) is 25.0. The number of para-hydroxylation sites is 2. The van der Waals surface area contributed by atoms with Gasteiger partial charge in [-0.05, 0) is 30.9 Å². The highest BCUT2D eigenvalue weighted by molar-refractivity contribution is 6.02. The van der Waals surface area contributed by atoms with Crippen LogP contribution >= 0.6 is 0 Å². The van der Waals surface area contributed by atoms with Gasteiger partial charge in [-0.2, -0.15) is 0 Å². The van der Waals surface area contributed by atoms with Crippen molar-refractivity contribution in [2.45, 2.75) is 70.5 Å². The number of aromatic nitrogens is 1. The lowest BCUT2D eigenvalue weighted by atomic mass is 9.81. The average molecular weight is 486 g/mol. The number of carbonyl (C=O) groups excluding carboxylic acids is 3. The van der Waals surface area contributed by atoms with Crippen LogP contribution in [0.25, 0.3) is 11.1 Å². The first kappa shape index (κ1) is 25.2. The molecule has 0 bridgehead atoms. The van der Waals surface area contributed by atoms with Crippen LogP contribution < -0.4 is 5.73 Å². The Hall–Kier alpha value is -2.94. The van der Waals surface area contributed by atoms with Gasteiger partial charge in [0.2, 0.25) is 5.91 Å². The van der Waals surface area contributed by atoms with Crippen LogP contribution in [0.5, 0.6) is 0 Å². The number of hydrogen-bond donors (Lipinski definition) is 1. The lowest BCUT2D eigenvalue weighted by molar-refractivity contribution is -0.143. The maximum Gasteiger partial charge on any atom is 0.405 e. The van der Waals surface area contributed by atoms with Crippen LogP contribution in [0.15, 0.2) is 28.7 Å². The van der Waals surface area contributed by atoms with Crippen LogP contribution in [-0.2, 0) is 14.3 Å². The molecule has 9 heteroatoms. The van der Waals surface area contributed by atoms with E-state index in [-0.39, 0.29) is 30.7 Å². The quantitative estimate of drug-likeness (QED) is 0.558. The summed E-state index contributed by atoms with van der Waals surface area (Å²) in [5.41, 5.74) is 4.68. The third-order valence-electron chi connectivity index (χ3n) is 7.42. The molecule has 1 aromatic heterocycles. The summed E-state index contributed by atoms with van der Waals surface area (Å²) in [5, 5.41) is 0. The van der Waals surface area contributed by atoms with Gasteiger partial charge in [-0.1, -0.05) is 45.2 Å². The Bertz CT molecular complexity index is 1030. The fourth-order valence-electron chi connectivity index (χ4n) is 5.35. The molecule has 2 aromatic rings. The Morgan fingerprint density at radius 3 is 2.63 bits per heavy atom. The predicted octanol–water partition coefficient (Wildman–Crippen LogP) is 4.09. The molecule has 1 saturated carbocycles. The van der Waals surface area contributed by atoms with Gasteiger partial charge in [0.25, 0.3) is 11.7 Å². The highest BCUT2D eigenvalue weighted by Crippen LogP contribution is 2.34. The molecule has 35 heavy (non-hydrogen) atoms. The number of ether oxygens (including phenoxy) is 2. The standard InChI is InChI=1S/C26H35N3O6/c1-17(2)26(35-25(27)32,23(31)24-28-19-10-6-7-11-20(19)34-24)13-12-22(30)29-14-15-33-21(16-29)18-8-4-3-5-9-18/h6-7,10-11,17-18,21H,3-5,8-9,12-16H2,1-2H3,(H2,27,32)/t21?,26-/m0/s1. The second kappa shape index (κ2) is 10.8. The molecule has 1 aliphatic carbocycles. The summed E-state index contributed by atoms with van der Waals surface area (Å²) in [6.07, 6.45) is 4.91. The fraction of sp³-hybridized carbons (Fsp3) is 0.615. The van der Waals surface area contributed by atoms with Crippen molar-refractivity contribution < 1.29 is 28.3 Å². The first-order chi connectivity index (χ1) is 16.8. The van der Waals surface area contributed by atoms with Crippen molar-refractivity contribution in [2.75, 3.05) is 19.7 Å².